The number of rotatable bonds is 5. The van der Waals surface area contributed by atoms with Crippen LogP contribution in [0.25, 0.3) is 10.9 Å². The van der Waals surface area contributed by atoms with Gasteiger partial charge in [0.1, 0.15) is 0 Å². The second-order valence-electron chi connectivity index (χ2n) is 4.52. The maximum absolute atomic E-state index is 4.62. The van der Waals surface area contributed by atoms with E-state index in [1.807, 2.05) is 18.8 Å². The van der Waals surface area contributed by atoms with Gasteiger partial charge in [-0.3, -0.25) is 4.68 Å². The molecular formula is C14H21N3. The molecule has 0 aliphatic heterocycles. The van der Waals surface area contributed by atoms with E-state index in [0.717, 1.165) is 12.8 Å². The molecule has 1 aromatic carbocycles. The Labute approximate surface area is 103 Å². The molecule has 3 nitrogen and oxygen atoms in total. The zero-order valence-electron chi connectivity index (χ0n) is 10.9. The topological polar surface area (TPSA) is 29.9 Å². The van der Waals surface area contributed by atoms with Gasteiger partial charge < -0.3 is 5.32 Å². The summed E-state index contributed by atoms with van der Waals surface area (Å²) < 4.78 is 1.98. The summed E-state index contributed by atoms with van der Waals surface area (Å²) in [5.74, 6) is 0. The highest BCUT2D eigenvalue weighted by Crippen LogP contribution is 2.19. The molecular weight excluding hydrogens is 210 g/mol. The molecule has 0 spiro atoms. The Bertz CT molecular complexity index is 483. The van der Waals surface area contributed by atoms with Crippen molar-refractivity contribution in [2.24, 2.45) is 7.05 Å². The van der Waals surface area contributed by atoms with Crippen LogP contribution >= 0.6 is 0 Å². The van der Waals surface area contributed by atoms with E-state index in [-0.39, 0.29) is 0 Å². The van der Waals surface area contributed by atoms with Gasteiger partial charge in [0.05, 0.1) is 11.2 Å². The van der Waals surface area contributed by atoms with Gasteiger partial charge in [-0.05, 0) is 32.4 Å². The van der Waals surface area contributed by atoms with E-state index in [9.17, 15) is 0 Å². The Morgan fingerprint density at radius 2 is 2.12 bits per heavy atom. The number of hydrogen-bond donors (Lipinski definition) is 1. The normalized spacial score (nSPS) is 13.1. The highest BCUT2D eigenvalue weighted by atomic mass is 15.3. The first-order valence-electron chi connectivity index (χ1n) is 6.34. The van der Waals surface area contributed by atoms with Gasteiger partial charge in [0, 0.05) is 18.5 Å². The van der Waals surface area contributed by atoms with Crippen LogP contribution in [0, 0.1) is 0 Å². The molecule has 2 aromatic rings. The van der Waals surface area contributed by atoms with E-state index in [4.69, 9.17) is 0 Å². The second kappa shape index (κ2) is 5.32. The number of aryl methyl sites for hydroxylation is 2. The largest absolute Gasteiger partial charge is 0.317 e. The molecule has 92 valence electrons. The molecule has 0 saturated carbocycles. The van der Waals surface area contributed by atoms with Crippen LogP contribution in [0.5, 0.6) is 0 Å². The molecule has 0 saturated heterocycles. The van der Waals surface area contributed by atoms with Crippen molar-refractivity contribution in [3.63, 3.8) is 0 Å². The Kier molecular flexibility index (Phi) is 3.79. The molecule has 3 heteroatoms. The standard InChI is InChI=1S/C14H21N3/c1-4-11(15-2)9-10-13-12-7-5-6-8-14(12)17(3)16-13/h5-8,11,15H,4,9-10H2,1-3H3. The SMILES string of the molecule is CCC(CCc1nn(C)c2ccccc12)NC. The van der Waals surface area contributed by atoms with Gasteiger partial charge in [-0.1, -0.05) is 25.1 Å². The van der Waals surface area contributed by atoms with Crippen molar-refractivity contribution in [3.05, 3.63) is 30.0 Å². The number of aromatic nitrogens is 2. The van der Waals surface area contributed by atoms with Gasteiger partial charge in [-0.15, -0.1) is 0 Å². The Morgan fingerprint density at radius 3 is 2.82 bits per heavy atom. The minimum Gasteiger partial charge on any atom is -0.317 e. The molecule has 1 aromatic heterocycles. The molecule has 0 fully saturated rings. The van der Waals surface area contributed by atoms with E-state index in [2.05, 4.69) is 41.6 Å². The van der Waals surface area contributed by atoms with Crippen molar-refractivity contribution >= 4 is 10.9 Å². The van der Waals surface area contributed by atoms with Crippen LogP contribution in [0.4, 0.5) is 0 Å². The zero-order valence-corrected chi connectivity index (χ0v) is 10.9. The van der Waals surface area contributed by atoms with Crippen LogP contribution < -0.4 is 5.32 Å². The fourth-order valence-corrected chi connectivity index (χ4v) is 2.34. The zero-order chi connectivity index (χ0) is 12.3. The molecule has 0 aliphatic rings. The average Bonchev–Trinajstić information content (AvgIpc) is 2.69. The van der Waals surface area contributed by atoms with Crippen LogP contribution in [-0.4, -0.2) is 22.9 Å². The fraction of sp³-hybridized carbons (Fsp3) is 0.500. The van der Waals surface area contributed by atoms with E-state index in [0.29, 0.717) is 6.04 Å². The van der Waals surface area contributed by atoms with Crippen LogP contribution in [0.15, 0.2) is 24.3 Å². The first-order chi connectivity index (χ1) is 8.26. The molecule has 0 bridgehead atoms. The summed E-state index contributed by atoms with van der Waals surface area (Å²) in [6.07, 6.45) is 3.36. The molecule has 1 unspecified atom stereocenters. The lowest BCUT2D eigenvalue weighted by molar-refractivity contribution is 0.505. The first-order valence-corrected chi connectivity index (χ1v) is 6.34. The molecule has 2 rings (SSSR count). The molecule has 17 heavy (non-hydrogen) atoms. The monoisotopic (exact) mass is 231 g/mol. The van der Waals surface area contributed by atoms with Crippen molar-refractivity contribution in [1.29, 1.82) is 0 Å². The van der Waals surface area contributed by atoms with Gasteiger partial charge in [0.15, 0.2) is 0 Å². The Hall–Kier alpha value is -1.35. The third-order valence-corrected chi connectivity index (χ3v) is 3.46. The van der Waals surface area contributed by atoms with Gasteiger partial charge >= 0.3 is 0 Å². The number of nitrogens with one attached hydrogen (secondary N) is 1. The molecule has 1 atom stereocenters. The summed E-state index contributed by atoms with van der Waals surface area (Å²) >= 11 is 0. The van der Waals surface area contributed by atoms with Crippen LogP contribution in [-0.2, 0) is 13.5 Å². The van der Waals surface area contributed by atoms with Crippen molar-refractivity contribution in [2.75, 3.05) is 7.05 Å². The molecule has 0 aliphatic carbocycles. The van der Waals surface area contributed by atoms with Crippen molar-refractivity contribution in [2.45, 2.75) is 32.2 Å². The lowest BCUT2D eigenvalue weighted by Gasteiger charge is -2.12. The minimum atomic E-state index is 0.593. The third kappa shape index (κ3) is 2.50. The highest BCUT2D eigenvalue weighted by molar-refractivity contribution is 5.81. The smallest absolute Gasteiger partial charge is 0.0703 e. The summed E-state index contributed by atoms with van der Waals surface area (Å²) in [5, 5.41) is 9.25. The van der Waals surface area contributed by atoms with Crippen molar-refractivity contribution in [1.82, 2.24) is 15.1 Å². The number of benzene rings is 1. The van der Waals surface area contributed by atoms with E-state index in [1.165, 1.54) is 23.0 Å². The first kappa shape index (κ1) is 12.1. The van der Waals surface area contributed by atoms with Crippen molar-refractivity contribution in [3.8, 4) is 0 Å². The summed E-state index contributed by atoms with van der Waals surface area (Å²) in [6.45, 7) is 2.22. The number of nitrogens with zero attached hydrogens (tertiary/aromatic N) is 2. The molecule has 1 N–H and O–H groups in total. The van der Waals surface area contributed by atoms with Crippen molar-refractivity contribution < 1.29 is 0 Å². The van der Waals surface area contributed by atoms with E-state index >= 15 is 0 Å². The fourth-order valence-electron chi connectivity index (χ4n) is 2.34. The number of fused-ring (bicyclic) bond motifs is 1. The summed E-state index contributed by atoms with van der Waals surface area (Å²) in [4.78, 5) is 0. The summed E-state index contributed by atoms with van der Waals surface area (Å²) in [5.41, 5.74) is 2.44. The Morgan fingerprint density at radius 1 is 1.35 bits per heavy atom. The highest BCUT2D eigenvalue weighted by Gasteiger charge is 2.10. The van der Waals surface area contributed by atoms with Gasteiger partial charge in [0.2, 0.25) is 0 Å². The van der Waals surface area contributed by atoms with Crippen LogP contribution in [0.3, 0.4) is 0 Å². The van der Waals surface area contributed by atoms with Gasteiger partial charge in [0.25, 0.3) is 0 Å². The number of para-hydroxylation sites is 1. The lowest BCUT2D eigenvalue weighted by atomic mass is 10.1. The summed E-state index contributed by atoms with van der Waals surface area (Å²) in [7, 11) is 4.05. The van der Waals surface area contributed by atoms with Gasteiger partial charge in [-0.2, -0.15) is 5.10 Å². The average molecular weight is 231 g/mol. The predicted molar refractivity (Wildman–Crippen MR) is 72.2 cm³/mol. The van der Waals surface area contributed by atoms with Gasteiger partial charge in [-0.25, -0.2) is 0 Å². The van der Waals surface area contributed by atoms with E-state index in [1.54, 1.807) is 0 Å². The third-order valence-electron chi connectivity index (χ3n) is 3.46. The molecule has 0 amide bonds. The summed E-state index contributed by atoms with van der Waals surface area (Å²) in [6, 6.07) is 9.04. The maximum atomic E-state index is 4.62. The van der Waals surface area contributed by atoms with Crippen LogP contribution in [0.1, 0.15) is 25.5 Å². The molecule has 0 radical (unpaired) electrons. The number of hydrogen-bond acceptors (Lipinski definition) is 2. The predicted octanol–water partition coefficient (Wildman–Crippen LogP) is 2.50. The van der Waals surface area contributed by atoms with E-state index < -0.39 is 0 Å². The quantitative estimate of drug-likeness (QED) is 0.857. The molecule has 1 heterocycles. The Balaban J connectivity index is 2.19. The lowest BCUT2D eigenvalue weighted by Crippen LogP contribution is -2.24. The minimum absolute atomic E-state index is 0.593. The maximum Gasteiger partial charge on any atom is 0.0703 e. The second-order valence-corrected chi connectivity index (χ2v) is 4.52. The van der Waals surface area contributed by atoms with Crippen LogP contribution in [0.2, 0.25) is 0 Å².